The molecular weight excluding hydrogens is 456 g/mol. The molecule has 0 atom stereocenters. The number of aryl methyl sites for hydroxylation is 1. The molecule has 0 bridgehead atoms. The molecule has 1 N–H and O–H groups in total. The van der Waals surface area contributed by atoms with Crippen LogP contribution in [0.25, 0.3) is 11.8 Å². The van der Waals surface area contributed by atoms with E-state index in [1.165, 1.54) is 30.3 Å². The first-order chi connectivity index (χ1) is 15.2. The summed E-state index contributed by atoms with van der Waals surface area (Å²) in [6.45, 7) is 3.66. The Morgan fingerprint density at radius 1 is 1.00 bits per heavy atom. The number of benzene rings is 2. The molecule has 1 saturated heterocycles. The van der Waals surface area contributed by atoms with Crippen LogP contribution in [-0.2, 0) is 9.59 Å². The minimum absolute atomic E-state index is 0.0147. The van der Waals surface area contributed by atoms with Crippen molar-refractivity contribution in [2.45, 2.75) is 13.8 Å². The minimum atomic E-state index is -0.918. The molecule has 32 heavy (non-hydrogen) atoms. The first-order valence-corrected chi connectivity index (χ1v) is 10.2. The van der Waals surface area contributed by atoms with Gasteiger partial charge in [-0.15, -0.1) is 0 Å². The Kier molecular flexibility index (Phi) is 5.62. The van der Waals surface area contributed by atoms with E-state index in [-0.39, 0.29) is 27.1 Å². The maximum absolute atomic E-state index is 13.3. The van der Waals surface area contributed by atoms with Crippen molar-refractivity contribution in [3.8, 4) is 5.69 Å². The van der Waals surface area contributed by atoms with Crippen LogP contribution >= 0.6 is 23.2 Å². The summed E-state index contributed by atoms with van der Waals surface area (Å²) in [5.74, 6) is -2.00. The predicted molar refractivity (Wildman–Crippen MR) is 121 cm³/mol. The molecular formula is C23H16Cl2FN3O3. The lowest BCUT2D eigenvalue weighted by Gasteiger charge is -2.27. The summed E-state index contributed by atoms with van der Waals surface area (Å²) in [6, 6.07) is 11.4. The third kappa shape index (κ3) is 3.70. The van der Waals surface area contributed by atoms with Gasteiger partial charge in [-0.25, -0.2) is 14.1 Å². The van der Waals surface area contributed by atoms with Gasteiger partial charge < -0.3 is 4.57 Å². The summed E-state index contributed by atoms with van der Waals surface area (Å²) in [5, 5.41) is 2.34. The van der Waals surface area contributed by atoms with E-state index >= 15 is 0 Å². The molecule has 0 spiro atoms. The molecule has 0 aliphatic carbocycles. The Morgan fingerprint density at radius 2 is 1.69 bits per heavy atom. The minimum Gasteiger partial charge on any atom is -0.318 e. The first-order valence-electron chi connectivity index (χ1n) is 9.49. The molecule has 1 aliphatic rings. The van der Waals surface area contributed by atoms with Gasteiger partial charge in [0.05, 0.1) is 15.7 Å². The molecule has 0 unspecified atom stereocenters. The molecule has 2 aromatic carbocycles. The van der Waals surface area contributed by atoms with E-state index in [0.29, 0.717) is 5.56 Å². The van der Waals surface area contributed by atoms with Gasteiger partial charge in [-0.05, 0) is 68.0 Å². The smallest absolute Gasteiger partial charge is 0.318 e. The van der Waals surface area contributed by atoms with Gasteiger partial charge in [0.25, 0.3) is 11.8 Å². The van der Waals surface area contributed by atoms with Crippen LogP contribution in [-0.4, -0.2) is 22.4 Å². The van der Waals surface area contributed by atoms with Crippen LogP contribution < -0.4 is 10.2 Å². The van der Waals surface area contributed by atoms with Gasteiger partial charge in [0.2, 0.25) is 0 Å². The quantitative estimate of drug-likeness (QED) is 0.421. The molecule has 1 aliphatic heterocycles. The number of hydrogen-bond acceptors (Lipinski definition) is 3. The number of anilines is 1. The number of nitrogens with one attached hydrogen (secondary N) is 1. The fraction of sp³-hybridized carbons (Fsp3) is 0.0870. The van der Waals surface area contributed by atoms with Crippen molar-refractivity contribution in [3.05, 3.63) is 86.9 Å². The maximum Gasteiger partial charge on any atom is 0.336 e. The zero-order chi connectivity index (χ0) is 23.2. The third-order valence-electron chi connectivity index (χ3n) is 5.13. The highest BCUT2D eigenvalue weighted by Crippen LogP contribution is 2.34. The number of amides is 4. The summed E-state index contributed by atoms with van der Waals surface area (Å²) in [6.07, 6.45) is 1.41. The second-order valence-electron chi connectivity index (χ2n) is 7.17. The van der Waals surface area contributed by atoms with Crippen LogP contribution in [0.5, 0.6) is 0 Å². The molecule has 2 heterocycles. The van der Waals surface area contributed by atoms with Gasteiger partial charge in [-0.3, -0.25) is 14.9 Å². The topological polar surface area (TPSA) is 71.4 Å². The molecule has 9 heteroatoms. The molecule has 1 aromatic heterocycles. The van der Waals surface area contributed by atoms with E-state index in [9.17, 15) is 18.8 Å². The zero-order valence-electron chi connectivity index (χ0n) is 16.9. The number of rotatable bonds is 3. The lowest BCUT2D eigenvalue weighted by molar-refractivity contribution is -0.122. The van der Waals surface area contributed by atoms with Crippen molar-refractivity contribution < 1.29 is 18.8 Å². The van der Waals surface area contributed by atoms with Gasteiger partial charge in [0.1, 0.15) is 11.4 Å². The number of carbonyl (C=O) groups is 3. The van der Waals surface area contributed by atoms with Gasteiger partial charge in [-0.2, -0.15) is 0 Å². The molecule has 3 aromatic rings. The highest BCUT2D eigenvalue weighted by molar-refractivity contribution is 6.46. The first kappa shape index (κ1) is 21.8. The number of aromatic nitrogens is 1. The van der Waals surface area contributed by atoms with Crippen molar-refractivity contribution in [2.75, 3.05) is 4.90 Å². The van der Waals surface area contributed by atoms with Crippen molar-refractivity contribution in [2.24, 2.45) is 0 Å². The molecule has 0 saturated carbocycles. The molecule has 0 radical (unpaired) electrons. The number of halogens is 3. The Hall–Kier alpha value is -3.42. The van der Waals surface area contributed by atoms with Crippen molar-refractivity contribution >= 4 is 52.8 Å². The fourth-order valence-corrected chi connectivity index (χ4v) is 4.00. The van der Waals surface area contributed by atoms with Crippen molar-refractivity contribution in [3.63, 3.8) is 0 Å². The Bertz CT molecular complexity index is 1310. The molecule has 1 fully saturated rings. The zero-order valence-corrected chi connectivity index (χ0v) is 18.5. The van der Waals surface area contributed by atoms with Gasteiger partial charge >= 0.3 is 6.03 Å². The molecule has 4 rings (SSSR count). The number of urea groups is 1. The summed E-state index contributed by atoms with van der Waals surface area (Å²) in [5.41, 5.74) is 2.70. The van der Waals surface area contributed by atoms with E-state index in [2.05, 4.69) is 5.32 Å². The Labute approximate surface area is 192 Å². The Balaban J connectivity index is 1.78. The van der Waals surface area contributed by atoms with E-state index in [0.717, 1.165) is 22.0 Å². The average Bonchev–Trinajstić information content (AvgIpc) is 3.02. The SMILES string of the molecule is Cc1cc(/C=C2\C(=O)NC(=O)N(c3cccc(Cl)c3Cl)C2=O)c(C)n1-c1ccc(F)cc1. The van der Waals surface area contributed by atoms with Crippen LogP contribution in [0, 0.1) is 19.7 Å². The van der Waals surface area contributed by atoms with E-state index in [1.54, 1.807) is 24.3 Å². The standard InChI is InChI=1S/C23H16Cl2FN3O3/c1-12-10-14(13(2)28(12)16-8-6-15(26)7-9-16)11-17-21(30)27-23(32)29(22(17)31)19-5-3-4-18(24)20(19)25/h3-11H,1-2H3,(H,27,30,32)/b17-11+. The van der Waals surface area contributed by atoms with Crippen LogP contribution in [0.3, 0.4) is 0 Å². The van der Waals surface area contributed by atoms with E-state index < -0.39 is 17.8 Å². The van der Waals surface area contributed by atoms with Gasteiger partial charge in [0, 0.05) is 17.1 Å². The Morgan fingerprint density at radius 3 is 2.38 bits per heavy atom. The van der Waals surface area contributed by atoms with Crippen LogP contribution in [0.4, 0.5) is 14.9 Å². The molecule has 162 valence electrons. The van der Waals surface area contributed by atoms with Crippen LogP contribution in [0.15, 0.2) is 54.1 Å². The lowest BCUT2D eigenvalue weighted by Crippen LogP contribution is -2.54. The molecule has 6 nitrogen and oxygen atoms in total. The number of barbiturate groups is 1. The number of hydrogen-bond donors (Lipinski definition) is 1. The summed E-state index contributed by atoms with van der Waals surface area (Å²) >= 11 is 12.2. The number of nitrogens with zero attached hydrogens (tertiary/aromatic N) is 2. The predicted octanol–water partition coefficient (Wildman–Crippen LogP) is 5.21. The summed E-state index contributed by atoms with van der Waals surface area (Å²) < 4.78 is 15.2. The monoisotopic (exact) mass is 471 g/mol. The largest absolute Gasteiger partial charge is 0.336 e. The highest BCUT2D eigenvalue weighted by Gasteiger charge is 2.38. The average molecular weight is 472 g/mol. The maximum atomic E-state index is 13.3. The van der Waals surface area contributed by atoms with Gasteiger partial charge in [-0.1, -0.05) is 29.3 Å². The summed E-state index contributed by atoms with van der Waals surface area (Å²) in [7, 11) is 0. The lowest BCUT2D eigenvalue weighted by atomic mass is 10.1. The fourth-order valence-electron chi connectivity index (χ4n) is 3.62. The van der Waals surface area contributed by atoms with Crippen molar-refractivity contribution in [1.29, 1.82) is 0 Å². The van der Waals surface area contributed by atoms with Crippen LogP contribution in [0.2, 0.25) is 10.0 Å². The molecule has 4 amide bonds. The summed E-state index contributed by atoms with van der Waals surface area (Å²) in [4.78, 5) is 38.9. The van der Waals surface area contributed by atoms with Crippen LogP contribution in [0.1, 0.15) is 17.0 Å². The second-order valence-corrected chi connectivity index (χ2v) is 7.95. The third-order valence-corrected chi connectivity index (χ3v) is 5.94. The normalized spacial score (nSPS) is 15.5. The van der Waals surface area contributed by atoms with E-state index in [4.69, 9.17) is 23.2 Å². The number of imide groups is 2. The number of carbonyl (C=O) groups excluding carboxylic acids is 3. The van der Waals surface area contributed by atoms with E-state index in [1.807, 2.05) is 18.4 Å². The van der Waals surface area contributed by atoms with Crippen molar-refractivity contribution in [1.82, 2.24) is 9.88 Å². The highest BCUT2D eigenvalue weighted by atomic mass is 35.5. The second kappa shape index (κ2) is 8.26. The van der Waals surface area contributed by atoms with Gasteiger partial charge in [0.15, 0.2) is 0 Å².